The molecule has 0 saturated carbocycles. The number of likely N-dealkylation sites (N-methyl/N-ethyl adjacent to an activating group) is 1. The highest BCUT2D eigenvalue weighted by atomic mass is 35.5. The van der Waals surface area contributed by atoms with Gasteiger partial charge in [0, 0.05) is 44.8 Å². The van der Waals surface area contributed by atoms with Gasteiger partial charge in [0.05, 0.1) is 55.2 Å². The van der Waals surface area contributed by atoms with E-state index in [2.05, 4.69) is 0 Å². The number of ether oxygens (including phenoxy) is 9. The Morgan fingerprint density at radius 2 is 1.51 bits per heavy atom. The zero-order valence-electron chi connectivity index (χ0n) is 40.1. The minimum absolute atomic E-state index is 0. The molecule has 5 N–H and O–H groups in total. The molecule has 4 rings (SSSR count). The van der Waals surface area contributed by atoms with Crippen molar-refractivity contribution in [2.24, 2.45) is 23.7 Å². The van der Waals surface area contributed by atoms with Gasteiger partial charge in [0.1, 0.15) is 49.0 Å². The summed E-state index contributed by atoms with van der Waals surface area (Å²) in [6.07, 6.45) is -8.49. The third-order valence-electron chi connectivity index (χ3n) is 13.4. The summed E-state index contributed by atoms with van der Waals surface area (Å²) >= 11 is 0. The lowest BCUT2D eigenvalue weighted by atomic mass is 9.79. The molecule has 3 fully saturated rings. The normalized spacial score (nSPS) is 45.2. The lowest BCUT2D eigenvalue weighted by molar-refractivity contribution is -0.341. The predicted octanol–water partition coefficient (Wildman–Crippen LogP) is 2.26. The number of halogens is 1. The average Bonchev–Trinajstić information content (AvgIpc) is 3.23. The van der Waals surface area contributed by atoms with Crippen molar-refractivity contribution in [2.45, 2.75) is 191 Å². The van der Waals surface area contributed by atoms with Crippen LogP contribution in [0.4, 0.5) is 0 Å². The second-order valence-corrected chi connectivity index (χ2v) is 18.7. The summed E-state index contributed by atoms with van der Waals surface area (Å²) in [5, 5.41) is 55.8. The molecular formula is C46H78ClNO17. The number of carbonyl (C=O) groups is 3. The van der Waals surface area contributed by atoms with Gasteiger partial charge in [-0.25, -0.2) is 0 Å². The minimum atomic E-state index is -1.49. The second-order valence-electron chi connectivity index (χ2n) is 18.7. The summed E-state index contributed by atoms with van der Waals surface area (Å²) in [5.74, 6) is -3.59. The van der Waals surface area contributed by atoms with E-state index in [0.29, 0.717) is 12.0 Å². The predicted molar refractivity (Wildman–Crippen MR) is 238 cm³/mol. The van der Waals surface area contributed by atoms with Crippen molar-refractivity contribution in [1.82, 2.24) is 4.90 Å². The number of carbonyl (C=O) groups excluding carboxylic acids is 3. The van der Waals surface area contributed by atoms with Crippen LogP contribution in [0.25, 0.3) is 0 Å². The van der Waals surface area contributed by atoms with E-state index in [-0.39, 0.29) is 44.1 Å². The molecule has 0 aromatic carbocycles. The average molecular weight is 953 g/mol. The number of cyclic esters (lactones) is 1. The van der Waals surface area contributed by atoms with Gasteiger partial charge < -0.3 is 77.9 Å². The van der Waals surface area contributed by atoms with Gasteiger partial charge in [-0.05, 0) is 73.5 Å². The molecule has 21 atom stereocenters. The van der Waals surface area contributed by atoms with Crippen LogP contribution < -0.4 is 0 Å². The molecule has 0 aromatic rings. The molecule has 4 aliphatic heterocycles. The molecular weight excluding hydrogens is 874 g/mol. The summed E-state index contributed by atoms with van der Waals surface area (Å²) in [6.45, 7) is 13.6. The molecule has 0 spiro atoms. The molecule has 0 radical (unpaired) electrons. The Kier molecular flexibility index (Phi) is 22.6. The number of aliphatic hydroxyl groups is 5. The molecule has 0 amide bonds. The summed E-state index contributed by atoms with van der Waals surface area (Å²) in [5.41, 5.74) is -0.806. The van der Waals surface area contributed by atoms with E-state index in [4.69, 9.17) is 42.6 Å². The van der Waals surface area contributed by atoms with E-state index >= 15 is 0 Å². The number of rotatable bonds is 13. The first-order valence-electron chi connectivity index (χ1n) is 22.7. The molecule has 18 nitrogen and oxygen atoms in total. The van der Waals surface area contributed by atoms with Gasteiger partial charge in [0.15, 0.2) is 24.7 Å². The zero-order chi connectivity index (χ0) is 47.8. The molecule has 19 heteroatoms. The lowest BCUT2D eigenvalue weighted by Gasteiger charge is -2.50. The Morgan fingerprint density at radius 1 is 0.862 bits per heavy atom. The first-order valence-corrected chi connectivity index (χ1v) is 22.7. The van der Waals surface area contributed by atoms with Crippen molar-refractivity contribution in [2.75, 3.05) is 34.9 Å². The summed E-state index contributed by atoms with van der Waals surface area (Å²) in [4.78, 5) is 41.5. The smallest absolute Gasteiger partial charge is 0.308 e. The van der Waals surface area contributed by atoms with Gasteiger partial charge in [-0.1, -0.05) is 38.5 Å². The monoisotopic (exact) mass is 951 g/mol. The molecule has 376 valence electrons. The van der Waals surface area contributed by atoms with Crippen molar-refractivity contribution >= 4 is 30.4 Å². The van der Waals surface area contributed by atoms with Crippen molar-refractivity contribution in [3.8, 4) is 0 Å². The van der Waals surface area contributed by atoms with E-state index in [1.54, 1.807) is 59.7 Å². The largest absolute Gasteiger partial charge is 0.462 e. The number of ketones is 1. The van der Waals surface area contributed by atoms with Crippen LogP contribution in [0.3, 0.4) is 0 Å². The van der Waals surface area contributed by atoms with Crippen LogP contribution >= 0.6 is 12.4 Å². The zero-order valence-corrected chi connectivity index (χ0v) is 40.9. The SMILES string of the molecule is CC[C@H]1OC(=O)C[C@@H](O)C(C)[C@@H](O[C@@H]2O[C@H](C)[C@@H](O[C@H]3C[C@@](C)(O)[C@@H](O)[C@H](C)O3)[C@H](N(C)C)[C@H]2O)[C@@H](CC=O)C[C@@H](C)C(=O)/C=C/C(C)=C/C1COC1O[C@H](C)[C@@H](O)[C@@H](OC)[C@H]1OC.Cl. The third kappa shape index (κ3) is 14.5. The van der Waals surface area contributed by atoms with Gasteiger partial charge in [-0.3, -0.25) is 9.59 Å². The topological polar surface area (TPSA) is 239 Å². The summed E-state index contributed by atoms with van der Waals surface area (Å²) in [7, 11) is 6.43. The van der Waals surface area contributed by atoms with Crippen LogP contribution in [0.5, 0.6) is 0 Å². The van der Waals surface area contributed by atoms with Crippen molar-refractivity contribution < 1.29 is 82.5 Å². The highest BCUT2D eigenvalue weighted by Crippen LogP contribution is 2.37. The quantitative estimate of drug-likeness (QED) is 0.131. The van der Waals surface area contributed by atoms with E-state index < -0.39 is 140 Å². The van der Waals surface area contributed by atoms with Crippen molar-refractivity contribution in [3.63, 3.8) is 0 Å². The Balaban J connectivity index is 0.0000112. The standard InChI is InChI=1S/C46H77NO17.ClH/c1-13-33-30(22-58-45-42(57-12)41(56-11)37(52)26(5)60-45)18-23(2)14-15-31(49)24(3)19-29(16-17-48)39(25(4)32(50)20-34(51)62-33)64-44-38(53)36(47(9)10)40(27(6)61-44)63-35-21-46(8,55)43(54)28(7)59-35;/h14-15,17-18,24-30,32-33,35-45,50,52-55H,13,16,19-22H2,1-12H3;1H/b15-14+,23-18+;/t24-,25?,26-,27-,28+,29+,30?,32-,33-,35+,36-,37-,38-,39-,40-,41-,42-,43+,44+,45?,46-;/m1./s1. The van der Waals surface area contributed by atoms with E-state index in [1.165, 1.54) is 27.2 Å². The maximum absolute atomic E-state index is 13.8. The van der Waals surface area contributed by atoms with Gasteiger partial charge >= 0.3 is 5.97 Å². The van der Waals surface area contributed by atoms with Gasteiger partial charge in [0.25, 0.3) is 0 Å². The van der Waals surface area contributed by atoms with E-state index in [1.807, 2.05) is 19.9 Å². The summed E-state index contributed by atoms with van der Waals surface area (Å²) < 4.78 is 54.7. The fourth-order valence-corrected chi connectivity index (χ4v) is 9.51. The Bertz CT molecular complexity index is 1570. The number of aliphatic hydroxyl groups excluding tert-OH is 4. The molecule has 3 unspecified atom stereocenters. The van der Waals surface area contributed by atoms with Crippen LogP contribution in [0.15, 0.2) is 23.8 Å². The number of hydrogen-bond acceptors (Lipinski definition) is 18. The van der Waals surface area contributed by atoms with E-state index in [9.17, 15) is 39.9 Å². The molecule has 65 heavy (non-hydrogen) atoms. The minimum Gasteiger partial charge on any atom is -0.462 e. The summed E-state index contributed by atoms with van der Waals surface area (Å²) in [6, 6.07) is -0.748. The first-order chi connectivity index (χ1) is 30.1. The van der Waals surface area contributed by atoms with Gasteiger partial charge in [0.2, 0.25) is 0 Å². The second kappa shape index (κ2) is 25.6. The molecule has 3 saturated heterocycles. The van der Waals surface area contributed by atoms with Gasteiger partial charge in [-0.15, -0.1) is 12.4 Å². The number of aldehydes is 1. The third-order valence-corrected chi connectivity index (χ3v) is 13.4. The number of nitrogens with zero attached hydrogens (tertiary/aromatic N) is 1. The first kappa shape index (κ1) is 57.3. The fraction of sp³-hybridized carbons (Fsp3) is 0.848. The number of allylic oxidation sites excluding steroid dienone is 3. The van der Waals surface area contributed by atoms with Crippen LogP contribution in [-0.4, -0.2) is 187 Å². The Morgan fingerprint density at radius 3 is 2.09 bits per heavy atom. The number of hydrogen-bond donors (Lipinski definition) is 5. The number of methoxy groups -OCH3 is 2. The Labute approximate surface area is 390 Å². The van der Waals surface area contributed by atoms with Crippen molar-refractivity contribution in [1.29, 1.82) is 0 Å². The van der Waals surface area contributed by atoms with Crippen LogP contribution in [0.1, 0.15) is 87.5 Å². The van der Waals surface area contributed by atoms with Crippen LogP contribution in [0, 0.1) is 23.7 Å². The number of esters is 1. The van der Waals surface area contributed by atoms with Crippen LogP contribution in [0.2, 0.25) is 0 Å². The van der Waals surface area contributed by atoms with Gasteiger partial charge in [-0.2, -0.15) is 0 Å². The van der Waals surface area contributed by atoms with E-state index in [0.717, 1.165) is 6.29 Å². The van der Waals surface area contributed by atoms with Crippen LogP contribution in [-0.2, 0) is 57.0 Å². The highest BCUT2D eigenvalue weighted by molar-refractivity contribution is 5.91. The molecule has 4 aliphatic rings. The fourth-order valence-electron chi connectivity index (χ4n) is 9.51. The Hall–Kier alpha value is -1.98. The maximum atomic E-state index is 13.8. The lowest BCUT2D eigenvalue weighted by Crippen LogP contribution is -2.65. The molecule has 4 heterocycles. The van der Waals surface area contributed by atoms with Crippen molar-refractivity contribution in [3.05, 3.63) is 23.8 Å². The highest BCUT2D eigenvalue weighted by Gasteiger charge is 2.52. The maximum Gasteiger partial charge on any atom is 0.308 e. The molecule has 0 bridgehead atoms. The molecule has 0 aromatic heterocycles. The molecule has 0 aliphatic carbocycles.